The van der Waals surface area contributed by atoms with Crippen molar-refractivity contribution in [2.75, 3.05) is 11.9 Å². The molecule has 0 saturated carbocycles. The van der Waals surface area contributed by atoms with Gasteiger partial charge in [-0.15, -0.1) is 0 Å². The lowest BCUT2D eigenvalue weighted by Gasteiger charge is -2.11. The van der Waals surface area contributed by atoms with Gasteiger partial charge in [0.2, 0.25) is 0 Å². The lowest BCUT2D eigenvalue weighted by atomic mass is 10.1. The van der Waals surface area contributed by atoms with Crippen LogP contribution in [0.3, 0.4) is 0 Å². The normalized spacial score (nSPS) is 10.3. The van der Waals surface area contributed by atoms with Crippen molar-refractivity contribution in [2.45, 2.75) is 20.8 Å². The third-order valence-electron chi connectivity index (χ3n) is 3.38. The van der Waals surface area contributed by atoms with Gasteiger partial charge < -0.3 is 20.3 Å². The Morgan fingerprint density at radius 1 is 1.04 bits per heavy atom. The molecule has 0 aliphatic rings. The Morgan fingerprint density at radius 2 is 1.67 bits per heavy atom. The maximum Gasteiger partial charge on any atom is 0.339 e. The van der Waals surface area contributed by atoms with Crippen LogP contribution in [0.5, 0.6) is 11.5 Å². The zero-order valence-corrected chi connectivity index (χ0v) is 13.7. The van der Waals surface area contributed by atoms with E-state index in [1.807, 2.05) is 32.0 Å². The van der Waals surface area contributed by atoms with Crippen LogP contribution in [0.2, 0.25) is 0 Å². The van der Waals surface area contributed by atoms with Gasteiger partial charge in [0.1, 0.15) is 17.1 Å². The summed E-state index contributed by atoms with van der Waals surface area (Å²) in [6.07, 6.45) is 0. The first kappa shape index (κ1) is 17.3. The Bertz CT molecular complexity index is 778. The number of rotatable bonds is 5. The number of anilines is 1. The van der Waals surface area contributed by atoms with Crippen molar-refractivity contribution in [1.82, 2.24) is 0 Å². The summed E-state index contributed by atoms with van der Waals surface area (Å²) >= 11 is 0. The molecule has 6 heteroatoms. The van der Waals surface area contributed by atoms with E-state index in [2.05, 4.69) is 5.32 Å². The van der Waals surface area contributed by atoms with E-state index in [1.54, 1.807) is 6.92 Å². The molecule has 1 amide bonds. The molecule has 0 aliphatic heterocycles. The van der Waals surface area contributed by atoms with Crippen LogP contribution < -0.4 is 10.1 Å². The van der Waals surface area contributed by atoms with Crippen LogP contribution in [0.25, 0.3) is 0 Å². The number of carboxylic acid groups (broad SMARTS) is 1. The molecule has 2 aromatic rings. The highest BCUT2D eigenvalue weighted by Gasteiger charge is 2.14. The van der Waals surface area contributed by atoms with E-state index in [9.17, 15) is 14.7 Å². The molecule has 6 nitrogen and oxygen atoms in total. The molecule has 0 atom stereocenters. The maximum atomic E-state index is 12.0. The molecular weight excluding hydrogens is 310 g/mol. The van der Waals surface area contributed by atoms with Crippen LogP contribution in [0.15, 0.2) is 30.3 Å². The largest absolute Gasteiger partial charge is 0.507 e. The lowest BCUT2D eigenvalue weighted by molar-refractivity contribution is -0.118. The Hall–Kier alpha value is -3.02. The first-order valence-corrected chi connectivity index (χ1v) is 7.34. The van der Waals surface area contributed by atoms with E-state index in [0.717, 1.165) is 11.1 Å². The minimum absolute atomic E-state index is 0.203. The topological polar surface area (TPSA) is 95.9 Å². The van der Waals surface area contributed by atoms with Gasteiger partial charge in [0.25, 0.3) is 5.91 Å². The van der Waals surface area contributed by atoms with Crippen LogP contribution in [0.4, 0.5) is 5.69 Å². The fraction of sp³-hybridized carbons (Fsp3) is 0.222. The zero-order chi connectivity index (χ0) is 17.9. The summed E-state index contributed by atoms with van der Waals surface area (Å²) in [4.78, 5) is 23.1. The number of aromatic carboxylic acids is 1. The number of hydrogen-bond donors (Lipinski definition) is 3. The summed E-state index contributed by atoms with van der Waals surface area (Å²) in [5.74, 6) is -1.41. The number of nitrogens with one attached hydrogen (secondary N) is 1. The molecule has 0 aliphatic carbocycles. The summed E-state index contributed by atoms with van der Waals surface area (Å²) < 4.78 is 5.46. The SMILES string of the molecule is Cc1cc(C)cc(OCC(=O)Nc2cc(C)c(O)c(C(=O)O)c2)c1. The van der Waals surface area contributed by atoms with E-state index >= 15 is 0 Å². The van der Waals surface area contributed by atoms with Crippen LogP contribution in [0, 0.1) is 20.8 Å². The van der Waals surface area contributed by atoms with Gasteiger partial charge in [0, 0.05) is 5.69 Å². The molecule has 0 spiro atoms. The molecule has 2 rings (SSSR count). The quantitative estimate of drug-likeness (QED) is 0.733. The van der Waals surface area contributed by atoms with E-state index in [4.69, 9.17) is 9.84 Å². The van der Waals surface area contributed by atoms with Crippen LogP contribution >= 0.6 is 0 Å². The van der Waals surface area contributed by atoms with Gasteiger partial charge in [-0.25, -0.2) is 4.79 Å². The summed E-state index contributed by atoms with van der Waals surface area (Å²) in [6.45, 7) is 5.23. The fourth-order valence-electron chi connectivity index (χ4n) is 2.38. The molecule has 24 heavy (non-hydrogen) atoms. The highest BCUT2D eigenvalue weighted by molar-refractivity contribution is 5.96. The number of carboxylic acids is 1. The number of ether oxygens (including phenoxy) is 1. The second-order valence-corrected chi connectivity index (χ2v) is 5.65. The number of phenols is 1. The van der Waals surface area contributed by atoms with Gasteiger partial charge in [0.05, 0.1) is 0 Å². The third-order valence-corrected chi connectivity index (χ3v) is 3.38. The predicted octanol–water partition coefficient (Wildman–Crippen LogP) is 3.03. The fourth-order valence-corrected chi connectivity index (χ4v) is 2.38. The van der Waals surface area contributed by atoms with Crippen molar-refractivity contribution in [3.63, 3.8) is 0 Å². The summed E-state index contributed by atoms with van der Waals surface area (Å²) in [6, 6.07) is 8.36. The predicted molar refractivity (Wildman–Crippen MR) is 89.8 cm³/mol. The average molecular weight is 329 g/mol. The van der Waals surface area contributed by atoms with Gasteiger partial charge in [-0.1, -0.05) is 6.07 Å². The van der Waals surface area contributed by atoms with Gasteiger partial charge in [-0.05, 0) is 61.7 Å². The first-order chi connectivity index (χ1) is 11.3. The van der Waals surface area contributed by atoms with Crippen molar-refractivity contribution in [2.24, 2.45) is 0 Å². The first-order valence-electron chi connectivity index (χ1n) is 7.34. The number of aromatic hydroxyl groups is 1. The highest BCUT2D eigenvalue weighted by Crippen LogP contribution is 2.26. The summed E-state index contributed by atoms with van der Waals surface area (Å²) in [5, 5.41) is 21.3. The minimum Gasteiger partial charge on any atom is -0.507 e. The molecule has 0 bridgehead atoms. The van der Waals surface area contributed by atoms with E-state index in [0.29, 0.717) is 11.3 Å². The Labute approximate surface area is 139 Å². The number of aryl methyl sites for hydroxylation is 3. The Balaban J connectivity index is 2.06. The molecule has 0 fully saturated rings. The highest BCUT2D eigenvalue weighted by atomic mass is 16.5. The Morgan fingerprint density at radius 3 is 2.25 bits per heavy atom. The lowest BCUT2D eigenvalue weighted by Crippen LogP contribution is -2.20. The average Bonchev–Trinajstić information content (AvgIpc) is 2.47. The molecule has 0 radical (unpaired) electrons. The van der Waals surface area contributed by atoms with Gasteiger partial charge in [-0.3, -0.25) is 4.79 Å². The maximum absolute atomic E-state index is 12.0. The summed E-state index contributed by atoms with van der Waals surface area (Å²) in [7, 11) is 0. The molecular formula is C18H19NO5. The standard InChI is InChI=1S/C18H19NO5/c1-10-4-11(2)6-14(5-10)24-9-16(20)19-13-7-12(3)17(21)15(8-13)18(22)23/h4-8,21H,9H2,1-3H3,(H,19,20)(H,22,23). The molecule has 126 valence electrons. The molecule has 0 unspecified atom stereocenters. The smallest absolute Gasteiger partial charge is 0.339 e. The van der Waals surface area contributed by atoms with Crippen LogP contribution in [-0.4, -0.2) is 28.7 Å². The minimum atomic E-state index is -1.27. The summed E-state index contributed by atoms with van der Waals surface area (Å²) in [5.41, 5.74) is 2.45. The third kappa shape index (κ3) is 4.25. The number of hydrogen-bond acceptors (Lipinski definition) is 4. The number of carbonyl (C=O) groups is 2. The molecule has 3 N–H and O–H groups in total. The molecule has 0 heterocycles. The van der Waals surface area contributed by atoms with Crippen molar-refractivity contribution >= 4 is 17.6 Å². The Kier molecular flexibility index (Phi) is 5.08. The van der Waals surface area contributed by atoms with E-state index in [1.165, 1.54) is 12.1 Å². The van der Waals surface area contributed by atoms with Crippen molar-refractivity contribution in [1.29, 1.82) is 0 Å². The second kappa shape index (κ2) is 7.04. The molecule has 0 saturated heterocycles. The van der Waals surface area contributed by atoms with Crippen LogP contribution in [0.1, 0.15) is 27.0 Å². The zero-order valence-electron chi connectivity index (χ0n) is 13.7. The number of benzene rings is 2. The molecule has 2 aromatic carbocycles. The van der Waals surface area contributed by atoms with Gasteiger partial charge in [-0.2, -0.15) is 0 Å². The van der Waals surface area contributed by atoms with Crippen molar-refractivity contribution in [3.8, 4) is 11.5 Å². The monoisotopic (exact) mass is 329 g/mol. The number of carbonyl (C=O) groups excluding carboxylic acids is 1. The van der Waals surface area contributed by atoms with Crippen molar-refractivity contribution < 1.29 is 24.5 Å². The molecule has 0 aromatic heterocycles. The second-order valence-electron chi connectivity index (χ2n) is 5.65. The number of amides is 1. The van der Waals surface area contributed by atoms with E-state index in [-0.39, 0.29) is 23.6 Å². The van der Waals surface area contributed by atoms with Gasteiger partial charge in [0.15, 0.2) is 6.61 Å². The van der Waals surface area contributed by atoms with Gasteiger partial charge >= 0.3 is 5.97 Å². The van der Waals surface area contributed by atoms with Crippen molar-refractivity contribution in [3.05, 3.63) is 52.6 Å². The van der Waals surface area contributed by atoms with Crippen LogP contribution in [-0.2, 0) is 4.79 Å². The van der Waals surface area contributed by atoms with E-state index < -0.39 is 11.9 Å².